The highest BCUT2D eigenvalue weighted by Crippen LogP contribution is 2.16. The van der Waals surface area contributed by atoms with Gasteiger partial charge in [-0.05, 0) is 12.1 Å². The molecule has 0 aliphatic carbocycles. The van der Waals surface area contributed by atoms with Crippen LogP contribution in [0.2, 0.25) is 0 Å². The molecule has 0 radical (unpaired) electrons. The molecule has 28 heavy (non-hydrogen) atoms. The van der Waals surface area contributed by atoms with Crippen LogP contribution in [0.5, 0.6) is 0 Å². The molecule has 1 aromatic carbocycles. The minimum Gasteiger partial charge on any atom is -0.315 e. The van der Waals surface area contributed by atoms with Crippen LogP contribution < -0.4 is 16.6 Å². The number of aromatic amines is 1. The third kappa shape index (κ3) is 3.18. The Kier molecular flexibility index (Phi) is 4.28. The highest BCUT2D eigenvalue weighted by atomic mass is 16.2. The van der Waals surface area contributed by atoms with Crippen molar-refractivity contribution in [2.75, 3.05) is 5.32 Å². The number of anilines is 1. The first-order valence-electron chi connectivity index (χ1n) is 8.36. The van der Waals surface area contributed by atoms with Crippen LogP contribution in [0.1, 0.15) is 0 Å². The molecule has 10 nitrogen and oxygen atoms in total. The van der Waals surface area contributed by atoms with Crippen LogP contribution in [0.3, 0.4) is 0 Å². The van der Waals surface area contributed by atoms with Gasteiger partial charge in [0.05, 0.1) is 12.0 Å². The van der Waals surface area contributed by atoms with Crippen molar-refractivity contribution in [3.8, 4) is 11.3 Å². The largest absolute Gasteiger partial charge is 0.329 e. The predicted molar refractivity (Wildman–Crippen MR) is 102 cm³/mol. The Bertz CT molecular complexity index is 1270. The zero-order valence-electron chi connectivity index (χ0n) is 14.8. The van der Waals surface area contributed by atoms with Crippen molar-refractivity contribution >= 4 is 22.9 Å². The van der Waals surface area contributed by atoms with Gasteiger partial charge in [-0.2, -0.15) is 0 Å². The summed E-state index contributed by atoms with van der Waals surface area (Å²) in [4.78, 5) is 42.7. The van der Waals surface area contributed by atoms with Crippen LogP contribution in [0, 0.1) is 0 Å². The van der Waals surface area contributed by atoms with Gasteiger partial charge in [0, 0.05) is 12.6 Å². The number of benzene rings is 1. The summed E-state index contributed by atoms with van der Waals surface area (Å²) in [5, 5.41) is 10.7. The lowest BCUT2D eigenvalue weighted by Gasteiger charge is -2.06. The molecule has 3 heterocycles. The lowest BCUT2D eigenvalue weighted by Crippen LogP contribution is -2.33. The Labute approximate surface area is 157 Å². The number of carbonyl (C=O) groups is 1. The van der Waals surface area contributed by atoms with Crippen LogP contribution in [0.4, 0.5) is 5.82 Å². The van der Waals surface area contributed by atoms with Crippen molar-refractivity contribution in [1.82, 2.24) is 29.3 Å². The molecule has 2 N–H and O–H groups in total. The van der Waals surface area contributed by atoms with Crippen LogP contribution in [-0.2, 0) is 18.4 Å². The number of nitrogens with one attached hydrogen (secondary N) is 2. The molecule has 4 rings (SSSR count). The van der Waals surface area contributed by atoms with Crippen LogP contribution in [0.25, 0.3) is 22.4 Å². The highest BCUT2D eigenvalue weighted by Gasteiger charge is 2.14. The topological polar surface area (TPSA) is 128 Å². The monoisotopic (exact) mass is 377 g/mol. The van der Waals surface area contributed by atoms with E-state index in [-0.39, 0.29) is 23.5 Å². The summed E-state index contributed by atoms with van der Waals surface area (Å²) in [6.07, 6.45) is 1.33. The molecule has 140 valence electrons. The average molecular weight is 377 g/mol. The lowest BCUT2D eigenvalue weighted by atomic mass is 10.1. The zero-order chi connectivity index (χ0) is 19.7. The van der Waals surface area contributed by atoms with Crippen molar-refractivity contribution < 1.29 is 4.79 Å². The predicted octanol–water partition coefficient (Wildman–Crippen LogP) is 0.519. The molecule has 0 unspecified atom stereocenters. The molecular weight excluding hydrogens is 362 g/mol. The van der Waals surface area contributed by atoms with E-state index in [2.05, 4.69) is 25.5 Å². The molecular formula is C18H15N7O3. The standard InChI is InChI=1S/C18H15N7O3/c1-24-17(27)15-16(21-18(24)28)19-10-25(15)9-14(26)20-13-8-7-12(22-23-13)11-5-3-2-4-6-11/h2-8,10H,9H2,1H3,(H,21,28)(H,20,23,26). The van der Waals surface area contributed by atoms with E-state index in [9.17, 15) is 14.4 Å². The van der Waals surface area contributed by atoms with Gasteiger partial charge in [0.2, 0.25) is 5.91 Å². The maximum absolute atomic E-state index is 12.3. The first kappa shape index (κ1) is 17.3. The quantitative estimate of drug-likeness (QED) is 0.534. The highest BCUT2D eigenvalue weighted by molar-refractivity contribution is 5.90. The van der Waals surface area contributed by atoms with Gasteiger partial charge in [0.1, 0.15) is 6.54 Å². The number of fused-ring (bicyclic) bond motifs is 1. The second kappa shape index (κ2) is 6.91. The molecule has 0 saturated heterocycles. The fraction of sp³-hybridized carbons (Fsp3) is 0.111. The average Bonchev–Trinajstić information content (AvgIpc) is 3.09. The van der Waals surface area contributed by atoms with Gasteiger partial charge in [0.25, 0.3) is 5.56 Å². The Balaban J connectivity index is 1.52. The summed E-state index contributed by atoms with van der Waals surface area (Å²) in [5.41, 5.74) is 0.780. The number of aromatic nitrogens is 6. The summed E-state index contributed by atoms with van der Waals surface area (Å²) in [6, 6.07) is 12.9. The second-order valence-electron chi connectivity index (χ2n) is 6.08. The summed E-state index contributed by atoms with van der Waals surface area (Å²) in [7, 11) is 1.35. The number of hydrogen-bond donors (Lipinski definition) is 2. The molecule has 4 aromatic rings. The number of rotatable bonds is 4. The van der Waals surface area contributed by atoms with E-state index in [1.54, 1.807) is 12.1 Å². The fourth-order valence-electron chi connectivity index (χ4n) is 2.75. The molecule has 0 fully saturated rings. The Morgan fingerprint density at radius 3 is 2.61 bits per heavy atom. The maximum atomic E-state index is 12.3. The van der Waals surface area contributed by atoms with Gasteiger partial charge in [0.15, 0.2) is 17.0 Å². The van der Waals surface area contributed by atoms with Gasteiger partial charge in [-0.25, -0.2) is 9.78 Å². The van der Waals surface area contributed by atoms with E-state index in [1.807, 2.05) is 30.3 Å². The smallest absolute Gasteiger partial charge is 0.315 e. The van der Waals surface area contributed by atoms with Crippen molar-refractivity contribution in [3.63, 3.8) is 0 Å². The minimum atomic E-state index is -0.569. The zero-order valence-corrected chi connectivity index (χ0v) is 14.8. The van der Waals surface area contributed by atoms with E-state index in [1.165, 1.54) is 17.9 Å². The van der Waals surface area contributed by atoms with E-state index in [0.717, 1.165) is 10.1 Å². The normalized spacial score (nSPS) is 10.9. The van der Waals surface area contributed by atoms with E-state index < -0.39 is 17.2 Å². The van der Waals surface area contributed by atoms with Crippen LogP contribution >= 0.6 is 0 Å². The first-order chi connectivity index (χ1) is 13.5. The Morgan fingerprint density at radius 1 is 1.11 bits per heavy atom. The molecule has 1 amide bonds. The molecule has 0 bridgehead atoms. The number of carbonyl (C=O) groups excluding carboxylic acids is 1. The lowest BCUT2D eigenvalue weighted by molar-refractivity contribution is -0.116. The van der Waals surface area contributed by atoms with Crippen molar-refractivity contribution in [1.29, 1.82) is 0 Å². The van der Waals surface area contributed by atoms with Gasteiger partial charge in [-0.1, -0.05) is 30.3 Å². The van der Waals surface area contributed by atoms with Crippen molar-refractivity contribution in [2.24, 2.45) is 7.05 Å². The maximum Gasteiger partial charge on any atom is 0.329 e. The van der Waals surface area contributed by atoms with Gasteiger partial charge in [-0.15, -0.1) is 10.2 Å². The van der Waals surface area contributed by atoms with Crippen molar-refractivity contribution in [2.45, 2.75) is 6.54 Å². The Morgan fingerprint density at radius 2 is 1.89 bits per heavy atom. The van der Waals surface area contributed by atoms with Gasteiger partial charge >= 0.3 is 5.69 Å². The number of imidazole rings is 1. The molecule has 0 aliphatic rings. The van der Waals surface area contributed by atoms with Crippen LogP contribution in [-0.4, -0.2) is 35.2 Å². The summed E-state index contributed by atoms with van der Waals surface area (Å²) >= 11 is 0. The van der Waals surface area contributed by atoms with E-state index in [4.69, 9.17) is 0 Å². The molecule has 0 saturated carbocycles. The van der Waals surface area contributed by atoms with E-state index >= 15 is 0 Å². The first-order valence-corrected chi connectivity index (χ1v) is 8.36. The third-order valence-corrected chi connectivity index (χ3v) is 4.19. The molecule has 10 heteroatoms. The van der Waals surface area contributed by atoms with Crippen LogP contribution in [0.15, 0.2) is 58.4 Å². The summed E-state index contributed by atoms with van der Waals surface area (Å²) < 4.78 is 2.29. The van der Waals surface area contributed by atoms with Gasteiger partial charge < -0.3 is 9.88 Å². The van der Waals surface area contributed by atoms with Crippen molar-refractivity contribution in [3.05, 3.63) is 69.6 Å². The minimum absolute atomic E-state index is 0.132. The molecule has 0 aliphatic heterocycles. The summed E-state index contributed by atoms with van der Waals surface area (Å²) in [5.74, 6) is -0.121. The molecule has 0 spiro atoms. The van der Waals surface area contributed by atoms with E-state index in [0.29, 0.717) is 5.69 Å². The number of amides is 1. The number of H-pyrrole nitrogens is 1. The third-order valence-electron chi connectivity index (χ3n) is 4.19. The van der Waals surface area contributed by atoms with Gasteiger partial charge in [-0.3, -0.25) is 19.1 Å². The summed E-state index contributed by atoms with van der Waals surface area (Å²) in [6.45, 7) is -0.167. The Hall–Kier alpha value is -4.08. The molecule has 3 aromatic heterocycles. The molecule has 0 atom stereocenters. The number of hydrogen-bond acceptors (Lipinski definition) is 6. The SMILES string of the molecule is Cn1c(=O)[nH]c2ncn(CC(=O)Nc3ccc(-c4ccccc4)nn3)c2c1=O. The second-order valence-corrected chi connectivity index (χ2v) is 6.08. The number of nitrogens with zero attached hydrogens (tertiary/aromatic N) is 5. The fourth-order valence-corrected chi connectivity index (χ4v) is 2.75.